The van der Waals surface area contributed by atoms with Crippen molar-refractivity contribution in [2.24, 2.45) is 11.8 Å². The van der Waals surface area contributed by atoms with Crippen molar-refractivity contribution in [1.29, 1.82) is 0 Å². The minimum Gasteiger partial charge on any atom is -0.472 e. The first-order valence-corrected chi connectivity index (χ1v) is 7.75. The third-order valence-electron chi connectivity index (χ3n) is 4.73. The molecule has 0 aromatic rings. The van der Waals surface area contributed by atoms with Gasteiger partial charge in [0.1, 0.15) is 24.4 Å². The highest BCUT2D eigenvalue weighted by molar-refractivity contribution is 5.25. The summed E-state index contributed by atoms with van der Waals surface area (Å²) in [7, 11) is 0. The van der Waals surface area contributed by atoms with Gasteiger partial charge in [-0.15, -0.1) is 0 Å². The van der Waals surface area contributed by atoms with Gasteiger partial charge in [-0.25, -0.2) is 0 Å². The first-order valence-electron chi connectivity index (χ1n) is 7.75. The van der Waals surface area contributed by atoms with Crippen molar-refractivity contribution in [2.75, 3.05) is 13.2 Å². The van der Waals surface area contributed by atoms with E-state index in [0.717, 1.165) is 0 Å². The van der Waals surface area contributed by atoms with Gasteiger partial charge >= 0.3 is 0 Å². The van der Waals surface area contributed by atoms with E-state index in [2.05, 4.69) is 0 Å². The first-order chi connectivity index (χ1) is 11.5. The van der Waals surface area contributed by atoms with Gasteiger partial charge in [-0.1, -0.05) is 6.08 Å². The summed E-state index contributed by atoms with van der Waals surface area (Å²) in [5, 5.41) is 58.3. The molecule has 0 saturated carbocycles. The zero-order chi connectivity index (χ0) is 17.4. The molecule has 2 aliphatic heterocycles. The highest BCUT2D eigenvalue weighted by atomic mass is 16.8. The van der Waals surface area contributed by atoms with E-state index in [1.807, 2.05) is 0 Å². The maximum atomic E-state index is 10.0. The zero-order valence-corrected chi connectivity index (χ0v) is 12.8. The highest BCUT2D eigenvalue weighted by Crippen LogP contribution is 2.40. The van der Waals surface area contributed by atoms with Crippen LogP contribution in [0.2, 0.25) is 0 Å². The number of rotatable bonds is 4. The van der Waals surface area contributed by atoms with Crippen LogP contribution in [0.15, 0.2) is 24.0 Å². The Morgan fingerprint density at radius 1 is 1.00 bits per heavy atom. The highest BCUT2D eigenvalue weighted by Gasteiger charge is 2.49. The molecule has 0 radical (unpaired) electrons. The van der Waals surface area contributed by atoms with Crippen molar-refractivity contribution < 1.29 is 44.8 Å². The van der Waals surface area contributed by atoms with Crippen molar-refractivity contribution in [3.05, 3.63) is 24.0 Å². The molecule has 1 aliphatic carbocycles. The molecule has 9 heteroatoms. The molecule has 1 saturated heterocycles. The van der Waals surface area contributed by atoms with Crippen LogP contribution in [0.25, 0.3) is 0 Å². The molecule has 2 heterocycles. The predicted octanol–water partition coefficient (Wildman–Crippen LogP) is -2.80. The molecule has 0 unspecified atom stereocenters. The topological polar surface area (TPSA) is 149 Å². The summed E-state index contributed by atoms with van der Waals surface area (Å²) in [5.41, 5.74) is 0.534. The van der Waals surface area contributed by atoms with E-state index in [4.69, 9.17) is 14.2 Å². The Balaban J connectivity index is 1.75. The molecule has 6 N–H and O–H groups in total. The van der Waals surface area contributed by atoms with E-state index >= 15 is 0 Å². The van der Waals surface area contributed by atoms with Crippen molar-refractivity contribution in [1.82, 2.24) is 0 Å². The van der Waals surface area contributed by atoms with Crippen LogP contribution in [-0.2, 0) is 14.2 Å². The Morgan fingerprint density at radius 2 is 1.75 bits per heavy atom. The quantitative estimate of drug-likeness (QED) is 0.297. The SMILES string of the molecule is OCC1=C[C@@H](O)[C@@H]2C=CO[C@@H](O[C@@H]3O[C@H](CO)[C@@H](O)[C@H](O)[C@H]3O)[C@H]12. The summed E-state index contributed by atoms with van der Waals surface area (Å²) in [5.74, 6) is -0.835. The summed E-state index contributed by atoms with van der Waals surface area (Å²) in [4.78, 5) is 0. The zero-order valence-electron chi connectivity index (χ0n) is 12.8. The van der Waals surface area contributed by atoms with Crippen LogP contribution in [-0.4, -0.2) is 87.0 Å². The van der Waals surface area contributed by atoms with Crippen molar-refractivity contribution in [3.8, 4) is 0 Å². The van der Waals surface area contributed by atoms with E-state index in [0.29, 0.717) is 5.57 Å². The van der Waals surface area contributed by atoms with E-state index in [1.165, 1.54) is 12.3 Å². The normalized spacial score (nSPS) is 47.9. The van der Waals surface area contributed by atoms with Crippen LogP contribution in [0.1, 0.15) is 0 Å². The van der Waals surface area contributed by atoms with Gasteiger partial charge in [0.25, 0.3) is 0 Å². The Labute approximate surface area is 138 Å². The molecule has 0 bridgehead atoms. The van der Waals surface area contributed by atoms with Gasteiger partial charge in [-0.3, -0.25) is 0 Å². The lowest BCUT2D eigenvalue weighted by molar-refractivity contribution is -0.339. The molecule has 3 aliphatic rings. The van der Waals surface area contributed by atoms with Crippen molar-refractivity contribution in [3.63, 3.8) is 0 Å². The Hall–Kier alpha value is -1.04. The number of aliphatic hydroxyl groups is 6. The lowest BCUT2D eigenvalue weighted by Crippen LogP contribution is -2.60. The number of aliphatic hydroxyl groups excluding tert-OH is 6. The summed E-state index contributed by atoms with van der Waals surface area (Å²) in [6, 6.07) is 0. The average Bonchev–Trinajstić information content (AvgIpc) is 2.92. The lowest BCUT2D eigenvalue weighted by Gasteiger charge is -2.42. The van der Waals surface area contributed by atoms with Crippen LogP contribution in [0, 0.1) is 11.8 Å². The maximum Gasteiger partial charge on any atom is 0.209 e. The van der Waals surface area contributed by atoms with E-state index in [9.17, 15) is 30.6 Å². The fourth-order valence-electron chi connectivity index (χ4n) is 3.38. The van der Waals surface area contributed by atoms with Gasteiger partial charge in [0.15, 0.2) is 6.29 Å². The monoisotopic (exact) mass is 346 g/mol. The molecular formula is C15H22O9. The van der Waals surface area contributed by atoms with Crippen LogP contribution in [0.5, 0.6) is 0 Å². The molecule has 1 fully saturated rings. The maximum absolute atomic E-state index is 10.0. The van der Waals surface area contributed by atoms with Crippen molar-refractivity contribution >= 4 is 0 Å². The Bertz CT molecular complexity index is 505. The summed E-state index contributed by atoms with van der Waals surface area (Å²) < 4.78 is 16.3. The second-order valence-electron chi connectivity index (χ2n) is 6.16. The van der Waals surface area contributed by atoms with Gasteiger partial charge in [-0.05, 0) is 11.6 Å². The molecule has 0 aromatic carbocycles. The lowest BCUT2D eigenvalue weighted by atomic mass is 9.88. The molecule has 9 atom stereocenters. The minimum atomic E-state index is -1.56. The minimum absolute atomic E-state index is 0.288. The van der Waals surface area contributed by atoms with Gasteiger partial charge < -0.3 is 44.8 Å². The number of hydrogen-bond acceptors (Lipinski definition) is 9. The molecule has 136 valence electrons. The largest absolute Gasteiger partial charge is 0.472 e. The van der Waals surface area contributed by atoms with Crippen molar-refractivity contribution in [2.45, 2.75) is 43.1 Å². The second-order valence-corrected chi connectivity index (χ2v) is 6.16. The third kappa shape index (κ3) is 2.98. The standard InChI is InChI=1S/C15H22O9/c16-4-6-3-8(18)7-1-2-22-14(10(6)7)24-15-13(21)12(20)11(19)9(5-17)23-15/h1-3,7-21H,4-5H2/t7-,8+,9+,10+,11+,12-,13+,14-,15-/m0/s1. The fourth-order valence-corrected chi connectivity index (χ4v) is 3.38. The van der Waals surface area contributed by atoms with Crippen LogP contribution < -0.4 is 0 Å². The van der Waals surface area contributed by atoms with Gasteiger partial charge in [-0.2, -0.15) is 0 Å². The fraction of sp³-hybridized carbons (Fsp3) is 0.733. The van der Waals surface area contributed by atoms with E-state index in [-0.39, 0.29) is 12.5 Å². The molecule has 24 heavy (non-hydrogen) atoms. The Morgan fingerprint density at radius 3 is 2.42 bits per heavy atom. The van der Waals surface area contributed by atoms with Gasteiger partial charge in [0, 0.05) is 5.92 Å². The van der Waals surface area contributed by atoms with E-state index < -0.39 is 55.6 Å². The average molecular weight is 346 g/mol. The Kier molecular flexibility index (Phi) is 5.23. The summed E-state index contributed by atoms with van der Waals surface area (Å²) in [6.07, 6.45) is -4.27. The first kappa shape index (κ1) is 17.8. The predicted molar refractivity (Wildman–Crippen MR) is 77.0 cm³/mol. The van der Waals surface area contributed by atoms with Crippen LogP contribution in [0.3, 0.4) is 0 Å². The third-order valence-corrected chi connectivity index (χ3v) is 4.73. The number of hydrogen-bond donors (Lipinski definition) is 6. The smallest absolute Gasteiger partial charge is 0.209 e. The second kappa shape index (κ2) is 7.06. The number of ether oxygens (including phenoxy) is 3. The molecular weight excluding hydrogens is 324 g/mol. The summed E-state index contributed by atoms with van der Waals surface area (Å²) in [6.45, 7) is -0.854. The van der Waals surface area contributed by atoms with Crippen LogP contribution >= 0.6 is 0 Å². The molecule has 3 rings (SSSR count). The van der Waals surface area contributed by atoms with Gasteiger partial charge in [0.05, 0.1) is 31.5 Å². The molecule has 9 nitrogen and oxygen atoms in total. The van der Waals surface area contributed by atoms with Gasteiger partial charge in [0.2, 0.25) is 6.29 Å². The molecule has 0 amide bonds. The number of fused-ring (bicyclic) bond motifs is 1. The molecule has 0 aromatic heterocycles. The summed E-state index contributed by atoms with van der Waals surface area (Å²) >= 11 is 0. The molecule has 0 spiro atoms. The van der Waals surface area contributed by atoms with E-state index in [1.54, 1.807) is 6.08 Å². The van der Waals surface area contributed by atoms with Crippen LogP contribution in [0.4, 0.5) is 0 Å².